The fourth-order valence-corrected chi connectivity index (χ4v) is 2.67. The Bertz CT molecular complexity index is 921. The van der Waals surface area contributed by atoms with Crippen molar-refractivity contribution < 1.29 is 67.9 Å². The summed E-state index contributed by atoms with van der Waals surface area (Å²) in [4.78, 5) is 0. The summed E-state index contributed by atoms with van der Waals surface area (Å²) in [6, 6.07) is 2.32. The summed E-state index contributed by atoms with van der Waals surface area (Å²) in [5.74, 6) is -5.25. The minimum absolute atomic E-state index is 0.0288. The van der Waals surface area contributed by atoms with Gasteiger partial charge in [-0.2, -0.15) is 0 Å². The minimum atomic E-state index is -5.53. The lowest BCUT2D eigenvalue weighted by Crippen LogP contribution is -2.21. The highest BCUT2D eigenvalue weighted by Crippen LogP contribution is 2.52. The quantitative estimate of drug-likeness (QED) is 0.434. The summed E-state index contributed by atoms with van der Waals surface area (Å²) in [5.41, 5.74) is -1.66. The summed E-state index contributed by atoms with van der Waals surface area (Å²) in [5, 5.41) is 0. The van der Waals surface area contributed by atoms with E-state index in [1.807, 2.05) is 0 Å². The Morgan fingerprint density at radius 1 is 0.455 bits per heavy atom. The number of hydrogen-bond donors (Lipinski definition) is 0. The SMILES string of the molecule is COc1cc(OC)c(-c2c(OC(F)(F)F)cc(OC(F)(F)F)cc2OC(F)(F)F)c(OC)c1. The second kappa shape index (κ2) is 9.23. The molecule has 0 aliphatic rings. The lowest BCUT2D eigenvalue weighted by Gasteiger charge is -2.23. The normalized spacial score (nSPS) is 12.2. The molecule has 0 bridgehead atoms. The molecule has 0 amide bonds. The second-order valence-corrected chi connectivity index (χ2v) is 5.84. The number of halogens is 9. The molecule has 0 saturated carbocycles. The lowest BCUT2D eigenvalue weighted by molar-refractivity contribution is -0.278. The van der Waals surface area contributed by atoms with E-state index in [-0.39, 0.29) is 29.4 Å². The van der Waals surface area contributed by atoms with E-state index in [0.717, 1.165) is 26.4 Å². The van der Waals surface area contributed by atoms with Crippen LogP contribution in [-0.4, -0.2) is 40.4 Å². The maximum Gasteiger partial charge on any atom is 0.573 e. The molecule has 6 nitrogen and oxygen atoms in total. The van der Waals surface area contributed by atoms with Gasteiger partial charge in [-0.15, -0.1) is 39.5 Å². The van der Waals surface area contributed by atoms with Crippen molar-refractivity contribution in [3.63, 3.8) is 0 Å². The number of ether oxygens (including phenoxy) is 6. The van der Waals surface area contributed by atoms with E-state index < -0.39 is 47.5 Å². The first-order chi connectivity index (χ1) is 15.1. The molecule has 0 N–H and O–H groups in total. The van der Waals surface area contributed by atoms with Gasteiger partial charge in [0.1, 0.15) is 34.5 Å². The zero-order valence-corrected chi connectivity index (χ0v) is 16.7. The number of benzene rings is 2. The van der Waals surface area contributed by atoms with Crippen LogP contribution >= 0.6 is 0 Å². The van der Waals surface area contributed by atoms with E-state index in [0.29, 0.717) is 0 Å². The van der Waals surface area contributed by atoms with Crippen LogP contribution in [0.5, 0.6) is 34.5 Å². The van der Waals surface area contributed by atoms with Gasteiger partial charge in [0.2, 0.25) is 0 Å². The van der Waals surface area contributed by atoms with Gasteiger partial charge in [0, 0.05) is 24.3 Å². The molecule has 0 aromatic heterocycles. The lowest BCUT2D eigenvalue weighted by atomic mass is 10.00. The first-order valence-electron chi connectivity index (χ1n) is 8.32. The number of rotatable bonds is 7. The highest BCUT2D eigenvalue weighted by molar-refractivity contribution is 5.87. The molecule has 15 heteroatoms. The average Bonchev–Trinajstić information content (AvgIpc) is 2.63. The first-order valence-corrected chi connectivity index (χ1v) is 8.32. The Labute approximate surface area is 179 Å². The van der Waals surface area contributed by atoms with Crippen molar-refractivity contribution >= 4 is 0 Å². The molecule has 2 aromatic rings. The average molecular weight is 496 g/mol. The van der Waals surface area contributed by atoms with Gasteiger partial charge in [-0.3, -0.25) is 0 Å². The highest BCUT2D eigenvalue weighted by Gasteiger charge is 2.39. The molecule has 0 saturated heterocycles. The van der Waals surface area contributed by atoms with E-state index in [1.165, 1.54) is 7.11 Å². The highest BCUT2D eigenvalue weighted by atomic mass is 19.4. The Morgan fingerprint density at radius 2 is 0.788 bits per heavy atom. The minimum Gasteiger partial charge on any atom is -0.496 e. The molecule has 2 rings (SSSR count). The molecule has 0 aliphatic carbocycles. The Morgan fingerprint density at radius 3 is 1.09 bits per heavy atom. The van der Waals surface area contributed by atoms with E-state index in [9.17, 15) is 39.5 Å². The molecule has 0 unspecified atom stereocenters. The van der Waals surface area contributed by atoms with Crippen LogP contribution in [0.4, 0.5) is 39.5 Å². The summed E-state index contributed by atoms with van der Waals surface area (Å²) in [6.07, 6.45) is -16.5. The maximum absolute atomic E-state index is 13.0. The zero-order chi connectivity index (χ0) is 25.2. The van der Waals surface area contributed by atoms with Crippen molar-refractivity contribution in [3.8, 4) is 45.6 Å². The predicted molar refractivity (Wildman–Crippen MR) is 91.6 cm³/mol. The molecule has 0 fully saturated rings. The fourth-order valence-electron chi connectivity index (χ4n) is 2.67. The monoisotopic (exact) mass is 496 g/mol. The van der Waals surface area contributed by atoms with Crippen molar-refractivity contribution in [2.75, 3.05) is 21.3 Å². The standard InChI is InChI=1S/C18H13F9O6/c1-28-8-4-10(29-2)14(11(5-8)30-3)15-12(32-17(22,23)24)6-9(31-16(19,20)21)7-13(15)33-18(25,26)27/h4-7H,1-3H3. The van der Waals surface area contributed by atoms with Crippen molar-refractivity contribution in [3.05, 3.63) is 24.3 Å². The van der Waals surface area contributed by atoms with Crippen LogP contribution in [-0.2, 0) is 0 Å². The molecule has 0 radical (unpaired) electrons. The van der Waals surface area contributed by atoms with Gasteiger partial charge in [-0.25, -0.2) is 0 Å². The van der Waals surface area contributed by atoms with Gasteiger partial charge < -0.3 is 28.4 Å². The van der Waals surface area contributed by atoms with Gasteiger partial charge in [-0.05, 0) is 0 Å². The number of methoxy groups -OCH3 is 3. The number of alkyl halides is 9. The van der Waals surface area contributed by atoms with Crippen LogP contribution in [0, 0.1) is 0 Å². The molecule has 33 heavy (non-hydrogen) atoms. The molecule has 2 aromatic carbocycles. The van der Waals surface area contributed by atoms with Crippen LogP contribution in [0.2, 0.25) is 0 Å². The fraction of sp³-hybridized carbons (Fsp3) is 0.333. The van der Waals surface area contributed by atoms with Crippen LogP contribution in [0.15, 0.2) is 24.3 Å². The van der Waals surface area contributed by atoms with E-state index in [2.05, 4.69) is 14.2 Å². The third kappa shape index (κ3) is 7.05. The maximum atomic E-state index is 13.0. The van der Waals surface area contributed by atoms with E-state index in [1.54, 1.807) is 0 Å². The van der Waals surface area contributed by atoms with Gasteiger partial charge in [0.15, 0.2) is 0 Å². The third-order valence-electron chi connectivity index (χ3n) is 3.69. The first kappa shape index (κ1) is 25.9. The van der Waals surface area contributed by atoms with E-state index in [4.69, 9.17) is 14.2 Å². The number of hydrogen-bond acceptors (Lipinski definition) is 6. The second-order valence-electron chi connectivity index (χ2n) is 5.84. The summed E-state index contributed by atoms with van der Waals surface area (Å²) < 4.78 is 142. The Balaban J connectivity index is 2.97. The van der Waals surface area contributed by atoms with Crippen molar-refractivity contribution in [1.82, 2.24) is 0 Å². The molecule has 0 spiro atoms. The molecular formula is C18H13F9O6. The smallest absolute Gasteiger partial charge is 0.496 e. The predicted octanol–water partition coefficient (Wildman–Crippen LogP) is 6.08. The summed E-state index contributed by atoms with van der Waals surface area (Å²) in [6.45, 7) is 0. The Hall–Kier alpha value is -3.39. The van der Waals surface area contributed by atoms with Gasteiger partial charge >= 0.3 is 19.1 Å². The van der Waals surface area contributed by atoms with Gasteiger partial charge in [-0.1, -0.05) is 0 Å². The van der Waals surface area contributed by atoms with Crippen LogP contribution in [0.3, 0.4) is 0 Å². The van der Waals surface area contributed by atoms with E-state index >= 15 is 0 Å². The topological polar surface area (TPSA) is 55.4 Å². The molecule has 0 aliphatic heterocycles. The van der Waals surface area contributed by atoms with Crippen LogP contribution in [0.25, 0.3) is 11.1 Å². The summed E-state index contributed by atoms with van der Waals surface area (Å²) >= 11 is 0. The van der Waals surface area contributed by atoms with Crippen LogP contribution in [0.1, 0.15) is 0 Å². The molecule has 0 heterocycles. The van der Waals surface area contributed by atoms with Crippen molar-refractivity contribution in [2.24, 2.45) is 0 Å². The largest absolute Gasteiger partial charge is 0.573 e. The Kier molecular flexibility index (Phi) is 7.23. The molecule has 184 valence electrons. The van der Waals surface area contributed by atoms with Gasteiger partial charge in [0.25, 0.3) is 0 Å². The third-order valence-corrected chi connectivity index (χ3v) is 3.69. The summed E-state index contributed by atoms with van der Waals surface area (Å²) in [7, 11) is 3.24. The zero-order valence-electron chi connectivity index (χ0n) is 16.7. The molecular weight excluding hydrogens is 483 g/mol. The molecule has 0 atom stereocenters. The van der Waals surface area contributed by atoms with Gasteiger partial charge in [0.05, 0.1) is 32.5 Å². The van der Waals surface area contributed by atoms with Crippen molar-refractivity contribution in [1.29, 1.82) is 0 Å². The van der Waals surface area contributed by atoms with Crippen molar-refractivity contribution in [2.45, 2.75) is 19.1 Å². The van der Waals surface area contributed by atoms with Crippen LogP contribution < -0.4 is 28.4 Å².